The van der Waals surface area contributed by atoms with Crippen LogP contribution in [0.25, 0.3) is 0 Å². The van der Waals surface area contributed by atoms with Crippen molar-refractivity contribution >= 4 is 17.5 Å². The molecule has 0 aliphatic carbocycles. The Morgan fingerprint density at radius 1 is 1.47 bits per heavy atom. The van der Waals surface area contributed by atoms with Crippen LogP contribution in [0.4, 0.5) is 0 Å². The van der Waals surface area contributed by atoms with Crippen molar-refractivity contribution in [3.05, 3.63) is 0 Å². The molecule has 1 heterocycles. The van der Waals surface area contributed by atoms with Crippen LogP contribution in [-0.2, 0) is 9.53 Å². The summed E-state index contributed by atoms with van der Waals surface area (Å²) in [5.74, 6) is 0.000710. The van der Waals surface area contributed by atoms with Crippen LogP contribution < -0.4 is 0 Å². The van der Waals surface area contributed by atoms with Gasteiger partial charge in [0.1, 0.15) is 5.38 Å². The highest BCUT2D eigenvalue weighted by molar-refractivity contribution is 6.31. The Bertz CT molecular complexity index is 219. The molecule has 1 aliphatic heterocycles. The van der Waals surface area contributed by atoms with E-state index in [4.69, 9.17) is 16.3 Å². The maximum Gasteiger partial charge on any atom is 0.243 e. The highest BCUT2D eigenvalue weighted by Gasteiger charge is 2.34. The second-order valence-electron chi connectivity index (χ2n) is 3.97. The van der Waals surface area contributed by atoms with E-state index >= 15 is 0 Å². The number of halogens is 1. The quantitative estimate of drug-likeness (QED) is 0.696. The minimum atomic E-state index is -0.519. The standard InChI is InChI=1S/C11H20ClNO2/c1-4-13(5-2)11(14)10(12)9-7-6-8(3)15-9/h8-10H,4-7H2,1-3H3. The number of nitrogens with zero attached hydrogens (tertiary/aromatic N) is 1. The number of rotatable bonds is 4. The molecule has 0 aromatic heterocycles. The van der Waals surface area contributed by atoms with Crippen molar-refractivity contribution in [3.63, 3.8) is 0 Å². The van der Waals surface area contributed by atoms with Crippen LogP contribution in [0.5, 0.6) is 0 Å². The van der Waals surface area contributed by atoms with Crippen molar-refractivity contribution in [2.75, 3.05) is 13.1 Å². The number of carbonyl (C=O) groups is 1. The van der Waals surface area contributed by atoms with Gasteiger partial charge in [0.25, 0.3) is 0 Å². The van der Waals surface area contributed by atoms with Gasteiger partial charge in [-0.1, -0.05) is 0 Å². The van der Waals surface area contributed by atoms with Crippen LogP contribution >= 0.6 is 11.6 Å². The van der Waals surface area contributed by atoms with Crippen molar-refractivity contribution < 1.29 is 9.53 Å². The molecule has 0 N–H and O–H groups in total. The number of amides is 1. The molecule has 0 bridgehead atoms. The molecule has 1 fully saturated rings. The van der Waals surface area contributed by atoms with Gasteiger partial charge in [0, 0.05) is 13.1 Å². The zero-order valence-corrected chi connectivity index (χ0v) is 10.5. The lowest BCUT2D eigenvalue weighted by Gasteiger charge is -2.24. The second-order valence-corrected chi connectivity index (χ2v) is 4.44. The third-order valence-electron chi connectivity index (χ3n) is 2.90. The molecule has 4 heteroatoms. The smallest absolute Gasteiger partial charge is 0.243 e. The molecule has 15 heavy (non-hydrogen) atoms. The SMILES string of the molecule is CCN(CC)C(=O)C(Cl)C1CCC(C)O1. The van der Waals surface area contributed by atoms with E-state index in [2.05, 4.69) is 0 Å². The first-order valence-corrected chi connectivity index (χ1v) is 6.12. The molecule has 0 spiro atoms. The van der Waals surface area contributed by atoms with E-state index in [0.717, 1.165) is 12.8 Å². The average molecular weight is 234 g/mol. The van der Waals surface area contributed by atoms with Gasteiger partial charge in [0.15, 0.2) is 0 Å². The molecular formula is C11H20ClNO2. The van der Waals surface area contributed by atoms with Crippen LogP contribution in [0.3, 0.4) is 0 Å². The summed E-state index contributed by atoms with van der Waals surface area (Å²) < 4.78 is 5.60. The van der Waals surface area contributed by atoms with Crippen molar-refractivity contribution in [3.8, 4) is 0 Å². The van der Waals surface area contributed by atoms with Gasteiger partial charge >= 0.3 is 0 Å². The third-order valence-corrected chi connectivity index (χ3v) is 3.37. The molecular weight excluding hydrogens is 214 g/mol. The molecule has 1 rings (SSSR count). The van der Waals surface area contributed by atoms with E-state index in [1.807, 2.05) is 20.8 Å². The highest BCUT2D eigenvalue weighted by Crippen LogP contribution is 2.25. The third kappa shape index (κ3) is 3.08. The number of alkyl halides is 1. The van der Waals surface area contributed by atoms with Crippen LogP contribution in [0.15, 0.2) is 0 Å². The van der Waals surface area contributed by atoms with E-state index in [-0.39, 0.29) is 18.1 Å². The average Bonchev–Trinajstić information content (AvgIpc) is 2.65. The van der Waals surface area contributed by atoms with Gasteiger partial charge in [-0.2, -0.15) is 0 Å². The summed E-state index contributed by atoms with van der Waals surface area (Å²) in [6.45, 7) is 7.36. The Morgan fingerprint density at radius 3 is 2.47 bits per heavy atom. The number of ether oxygens (including phenoxy) is 1. The predicted octanol–water partition coefficient (Wildman–Crippen LogP) is 2.03. The molecule has 3 nitrogen and oxygen atoms in total. The molecule has 88 valence electrons. The first-order chi connectivity index (χ1) is 7.10. The van der Waals surface area contributed by atoms with E-state index < -0.39 is 5.38 Å². The fraction of sp³-hybridized carbons (Fsp3) is 0.909. The Hall–Kier alpha value is -0.280. The molecule has 3 atom stereocenters. The first kappa shape index (κ1) is 12.8. The summed E-state index contributed by atoms with van der Waals surface area (Å²) in [6.07, 6.45) is 2.03. The molecule has 0 radical (unpaired) electrons. The van der Waals surface area contributed by atoms with Gasteiger partial charge in [-0.25, -0.2) is 0 Å². The largest absolute Gasteiger partial charge is 0.373 e. The monoisotopic (exact) mass is 233 g/mol. The zero-order valence-electron chi connectivity index (χ0n) is 9.70. The number of hydrogen-bond acceptors (Lipinski definition) is 2. The van der Waals surface area contributed by atoms with Crippen molar-refractivity contribution in [2.24, 2.45) is 0 Å². The lowest BCUT2D eigenvalue weighted by atomic mass is 10.1. The number of hydrogen-bond donors (Lipinski definition) is 0. The minimum absolute atomic E-state index is 0.000710. The topological polar surface area (TPSA) is 29.5 Å². The molecule has 1 amide bonds. The van der Waals surface area contributed by atoms with Gasteiger partial charge in [0.2, 0.25) is 5.91 Å². The van der Waals surface area contributed by atoms with Gasteiger partial charge in [0.05, 0.1) is 12.2 Å². The summed E-state index contributed by atoms with van der Waals surface area (Å²) in [5, 5.41) is -0.519. The van der Waals surface area contributed by atoms with Gasteiger partial charge in [-0.15, -0.1) is 11.6 Å². The van der Waals surface area contributed by atoms with Crippen LogP contribution in [-0.4, -0.2) is 41.5 Å². The van der Waals surface area contributed by atoms with E-state index in [0.29, 0.717) is 13.1 Å². The minimum Gasteiger partial charge on any atom is -0.373 e. The fourth-order valence-electron chi connectivity index (χ4n) is 1.92. The van der Waals surface area contributed by atoms with E-state index in [1.165, 1.54) is 0 Å². The van der Waals surface area contributed by atoms with Gasteiger partial charge in [-0.3, -0.25) is 4.79 Å². The summed E-state index contributed by atoms with van der Waals surface area (Å²) in [4.78, 5) is 13.7. The van der Waals surface area contributed by atoms with Crippen molar-refractivity contribution in [2.45, 2.75) is 51.2 Å². The Kier molecular flexibility index (Phi) is 4.87. The lowest BCUT2D eigenvalue weighted by molar-refractivity contribution is -0.133. The van der Waals surface area contributed by atoms with E-state index in [1.54, 1.807) is 4.90 Å². The summed E-state index contributed by atoms with van der Waals surface area (Å²) in [5.41, 5.74) is 0. The normalized spacial score (nSPS) is 27.7. The fourth-order valence-corrected chi connectivity index (χ4v) is 2.24. The predicted molar refractivity (Wildman–Crippen MR) is 61.1 cm³/mol. The molecule has 1 saturated heterocycles. The molecule has 1 aliphatic rings. The summed E-state index contributed by atoms with van der Waals surface area (Å²) >= 11 is 6.14. The zero-order chi connectivity index (χ0) is 11.4. The van der Waals surface area contributed by atoms with E-state index in [9.17, 15) is 4.79 Å². The van der Waals surface area contributed by atoms with Gasteiger partial charge < -0.3 is 9.64 Å². The highest BCUT2D eigenvalue weighted by atomic mass is 35.5. The molecule has 0 saturated carbocycles. The van der Waals surface area contributed by atoms with Crippen molar-refractivity contribution in [1.29, 1.82) is 0 Å². The van der Waals surface area contributed by atoms with Crippen molar-refractivity contribution in [1.82, 2.24) is 4.90 Å². The first-order valence-electron chi connectivity index (χ1n) is 5.68. The Morgan fingerprint density at radius 2 is 2.07 bits per heavy atom. The summed E-state index contributed by atoms with van der Waals surface area (Å²) in [7, 11) is 0. The molecule has 3 unspecified atom stereocenters. The summed E-state index contributed by atoms with van der Waals surface area (Å²) in [6, 6.07) is 0. The maximum absolute atomic E-state index is 11.9. The lowest BCUT2D eigenvalue weighted by Crippen LogP contribution is -2.41. The molecule has 0 aromatic rings. The van der Waals surface area contributed by atoms with Crippen LogP contribution in [0.2, 0.25) is 0 Å². The van der Waals surface area contributed by atoms with Crippen LogP contribution in [0.1, 0.15) is 33.6 Å². The van der Waals surface area contributed by atoms with Gasteiger partial charge in [-0.05, 0) is 33.6 Å². The number of carbonyl (C=O) groups excluding carboxylic acids is 1. The molecule has 0 aromatic carbocycles. The Labute approximate surface area is 96.7 Å². The van der Waals surface area contributed by atoms with Crippen LogP contribution in [0, 0.1) is 0 Å². The Balaban J connectivity index is 2.52. The second kappa shape index (κ2) is 5.71. The maximum atomic E-state index is 11.9.